The summed E-state index contributed by atoms with van der Waals surface area (Å²) in [5.74, 6) is 0.302. The van der Waals surface area contributed by atoms with Gasteiger partial charge in [-0.3, -0.25) is 9.59 Å². The summed E-state index contributed by atoms with van der Waals surface area (Å²) in [6, 6.07) is 14.1. The summed E-state index contributed by atoms with van der Waals surface area (Å²) in [6.45, 7) is 6.09. The molecule has 2 heterocycles. The van der Waals surface area contributed by atoms with Crippen LogP contribution >= 0.6 is 0 Å². The highest BCUT2D eigenvalue weighted by molar-refractivity contribution is 5.95. The number of benzene rings is 2. The second-order valence-corrected chi connectivity index (χ2v) is 8.79. The number of carbonyl (C=O) groups is 2. The van der Waals surface area contributed by atoms with Gasteiger partial charge in [-0.2, -0.15) is 0 Å². The van der Waals surface area contributed by atoms with E-state index in [1.807, 2.05) is 54.0 Å². The van der Waals surface area contributed by atoms with Gasteiger partial charge in [-0.1, -0.05) is 38.1 Å². The van der Waals surface area contributed by atoms with Crippen molar-refractivity contribution in [3.63, 3.8) is 0 Å². The van der Waals surface area contributed by atoms with Gasteiger partial charge >= 0.3 is 0 Å². The normalized spacial score (nSPS) is 21.5. The summed E-state index contributed by atoms with van der Waals surface area (Å²) in [6.07, 6.45) is 2.85. The maximum atomic E-state index is 13.6. The molecular weight excluding hydrogens is 379 g/mol. The average molecular weight is 409 g/mol. The predicted molar refractivity (Wildman–Crippen MR) is 115 cm³/mol. The van der Waals surface area contributed by atoms with Gasteiger partial charge < -0.3 is 9.80 Å². The highest BCUT2D eigenvalue weighted by atomic mass is 19.1. The van der Waals surface area contributed by atoms with Gasteiger partial charge in [-0.05, 0) is 60.6 Å². The summed E-state index contributed by atoms with van der Waals surface area (Å²) in [4.78, 5) is 29.8. The molecule has 4 nitrogen and oxygen atoms in total. The van der Waals surface area contributed by atoms with Crippen molar-refractivity contribution in [1.29, 1.82) is 0 Å². The van der Waals surface area contributed by atoms with Gasteiger partial charge in [-0.15, -0.1) is 0 Å². The van der Waals surface area contributed by atoms with E-state index >= 15 is 0 Å². The summed E-state index contributed by atoms with van der Waals surface area (Å²) in [5, 5.41) is 0. The zero-order chi connectivity index (χ0) is 21.3. The third-order valence-corrected chi connectivity index (χ3v) is 6.40. The predicted octanol–water partition coefficient (Wildman–Crippen LogP) is 4.60. The molecule has 2 aliphatic rings. The number of nitrogens with zero attached hydrogens (tertiary/aromatic N) is 2. The third-order valence-electron chi connectivity index (χ3n) is 6.40. The van der Waals surface area contributed by atoms with E-state index in [0.717, 1.165) is 43.5 Å². The molecule has 0 saturated carbocycles. The molecule has 2 atom stereocenters. The van der Waals surface area contributed by atoms with Crippen LogP contribution in [-0.4, -0.2) is 47.3 Å². The highest BCUT2D eigenvalue weighted by Crippen LogP contribution is 2.32. The molecule has 2 amide bonds. The van der Waals surface area contributed by atoms with E-state index in [4.69, 9.17) is 0 Å². The number of hydrogen-bond acceptors (Lipinski definition) is 2. The second kappa shape index (κ2) is 8.58. The SMILES string of the molecule is CC(C)C(=O)N1CC[C@@H]2[C@H](CCCN2C(=O)c2cccc(-c3cccc(F)c3)c2)C1. The van der Waals surface area contributed by atoms with Crippen molar-refractivity contribution in [2.24, 2.45) is 11.8 Å². The van der Waals surface area contributed by atoms with E-state index in [2.05, 4.69) is 0 Å². The molecular formula is C25H29FN2O2. The van der Waals surface area contributed by atoms with Crippen LogP contribution in [0.2, 0.25) is 0 Å². The van der Waals surface area contributed by atoms with E-state index in [1.54, 1.807) is 6.07 Å². The zero-order valence-corrected chi connectivity index (χ0v) is 17.7. The first kappa shape index (κ1) is 20.6. The Morgan fingerprint density at radius 3 is 2.47 bits per heavy atom. The Morgan fingerprint density at radius 1 is 1.00 bits per heavy atom. The first-order chi connectivity index (χ1) is 14.4. The molecule has 0 unspecified atom stereocenters. The summed E-state index contributed by atoms with van der Waals surface area (Å²) in [7, 11) is 0. The minimum absolute atomic E-state index is 0.00781. The molecule has 2 fully saturated rings. The Hall–Kier alpha value is -2.69. The fourth-order valence-corrected chi connectivity index (χ4v) is 4.89. The van der Waals surface area contributed by atoms with Crippen LogP contribution in [0.5, 0.6) is 0 Å². The summed E-state index contributed by atoms with van der Waals surface area (Å²) in [5.41, 5.74) is 2.24. The van der Waals surface area contributed by atoms with Gasteiger partial charge in [-0.25, -0.2) is 4.39 Å². The van der Waals surface area contributed by atoms with Crippen LogP contribution in [0, 0.1) is 17.7 Å². The minimum atomic E-state index is -0.286. The second-order valence-electron chi connectivity index (χ2n) is 8.79. The number of hydrogen-bond donors (Lipinski definition) is 0. The molecule has 2 aliphatic heterocycles. The first-order valence-corrected chi connectivity index (χ1v) is 10.9. The molecule has 2 aromatic rings. The van der Waals surface area contributed by atoms with Gasteiger partial charge in [0.15, 0.2) is 0 Å². The first-order valence-electron chi connectivity index (χ1n) is 10.9. The Kier molecular flexibility index (Phi) is 5.89. The molecule has 0 spiro atoms. The monoisotopic (exact) mass is 408 g/mol. The Labute approximate surface area is 177 Å². The Balaban J connectivity index is 1.53. The maximum Gasteiger partial charge on any atom is 0.254 e. The quantitative estimate of drug-likeness (QED) is 0.745. The number of fused-ring (bicyclic) bond motifs is 1. The van der Waals surface area contributed by atoms with E-state index in [1.165, 1.54) is 12.1 Å². The average Bonchev–Trinajstić information content (AvgIpc) is 2.77. The minimum Gasteiger partial charge on any atom is -0.342 e. The standard InChI is InChI=1S/C25H29FN2O2/c1-17(2)24(29)27-13-11-23-21(16-27)9-5-12-28(23)25(30)20-8-3-6-18(14-20)19-7-4-10-22(26)15-19/h3-4,6-8,10,14-15,17,21,23H,5,9,11-13,16H2,1-2H3/t21-,23-/m1/s1. The van der Waals surface area contributed by atoms with Crippen LogP contribution in [0.15, 0.2) is 48.5 Å². The number of carbonyl (C=O) groups excluding carboxylic acids is 2. The summed E-state index contributed by atoms with van der Waals surface area (Å²) >= 11 is 0. The molecule has 0 aromatic heterocycles. The zero-order valence-electron chi connectivity index (χ0n) is 17.7. The van der Waals surface area contributed by atoms with Crippen LogP contribution in [0.1, 0.15) is 43.5 Å². The highest BCUT2D eigenvalue weighted by Gasteiger charge is 2.39. The largest absolute Gasteiger partial charge is 0.342 e. The number of rotatable bonds is 3. The summed E-state index contributed by atoms with van der Waals surface area (Å²) < 4.78 is 13.6. The van der Waals surface area contributed by atoms with Crippen molar-refractivity contribution in [1.82, 2.24) is 9.80 Å². The fraction of sp³-hybridized carbons (Fsp3) is 0.440. The van der Waals surface area contributed by atoms with Gasteiger partial charge in [0.1, 0.15) is 5.82 Å². The van der Waals surface area contributed by atoms with Gasteiger partial charge in [0.05, 0.1) is 0 Å². The molecule has 4 rings (SSSR count). The van der Waals surface area contributed by atoms with Gasteiger partial charge in [0, 0.05) is 37.2 Å². The van der Waals surface area contributed by atoms with Crippen molar-refractivity contribution >= 4 is 11.8 Å². The van der Waals surface area contributed by atoms with Crippen molar-refractivity contribution in [3.8, 4) is 11.1 Å². The van der Waals surface area contributed by atoms with Crippen LogP contribution in [-0.2, 0) is 4.79 Å². The van der Waals surface area contributed by atoms with Crippen molar-refractivity contribution in [2.75, 3.05) is 19.6 Å². The van der Waals surface area contributed by atoms with Crippen LogP contribution < -0.4 is 0 Å². The topological polar surface area (TPSA) is 40.6 Å². The lowest BCUT2D eigenvalue weighted by molar-refractivity contribution is -0.137. The lowest BCUT2D eigenvalue weighted by Gasteiger charge is -2.47. The van der Waals surface area contributed by atoms with Crippen molar-refractivity contribution < 1.29 is 14.0 Å². The number of halogens is 1. The molecule has 5 heteroatoms. The smallest absolute Gasteiger partial charge is 0.254 e. The van der Waals surface area contributed by atoms with Crippen molar-refractivity contribution in [2.45, 2.75) is 39.2 Å². The maximum absolute atomic E-state index is 13.6. The lowest BCUT2D eigenvalue weighted by atomic mass is 9.83. The Morgan fingerprint density at radius 2 is 1.73 bits per heavy atom. The number of likely N-dealkylation sites (tertiary alicyclic amines) is 2. The van der Waals surface area contributed by atoms with E-state index in [0.29, 0.717) is 18.0 Å². The molecule has 30 heavy (non-hydrogen) atoms. The lowest BCUT2D eigenvalue weighted by Crippen LogP contribution is -2.57. The fourth-order valence-electron chi connectivity index (χ4n) is 4.89. The van der Waals surface area contributed by atoms with Gasteiger partial charge in [0.25, 0.3) is 5.91 Å². The molecule has 0 N–H and O–H groups in total. The number of piperidine rings is 2. The van der Waals surface area contributed by atoms with E-state index in [-0.39, 0.29) is 29.6 Å². The molecule has 0 bridgehead atoms. The van der Waals surface area contributed by atoms with E-state index < -0.39 is 0 Å². The molecule has 0 aliphatic carbocycles. The molecule has 2 saturated heterocycles. The third kappa shape index (κ3) is 4.11. The molecule has 2 aromatic carbocycles. The van der Waals surface area contributed by atoms with Gasteiger partial charge in [0.2, 0.25) is 5.91 Å². The van der Waals surface area contributed by atoms with Crippen molar-refractivity contribution in [3.05, 3.63) is 59.9 Å². The van der Waals surface area contributed by atoms with Crippen LogP contribution in [0.4, 0.5) is 4.39 Å². The van der Waals surface area contributed by atoms with Crippen LogP contribution in [0.3, 0.4) is 0 Å². The Bertz CT molecular complexity index is 942. The van der Waals surface area contributed by atoms with E-state index in [9.17, 15) is 14.0 Å². The molecule has 158 valence electrons. The molecule has 0 radical (unpaired) electrons. The number of amides is 2. The van der Waals surface area contributed by atoms with Crippen LogP contribution in [0.25, 0.3) is 11.1 Å².